The van der Waals surface area contributed by atoms with Gasteiger partial charge in [0.15, 0.2) is 0 Å². The Labute approximate surface area is 144 Å². The minimum Gasteiger partial charge on any atom is -0.467 e. The van der Waals surface area contributed by atoms with E-state index in [0.717, 1.165) is 12.1 Å². The fourth-order valence-corrected chi connectivity index (χ4v) is 3.92. The van der Waals surface area contributed by atoms with Crippen LogP contribution in [0.5, 0.6) is 0 Å². The maximum atomic E-state index is 13.4. The van der Waals surface area contributed by atoms with Crippen LogP contribution in [0.2, 0.25) is 5.02 Å². The van der Waals surface area contributed by atoms with E-state index < -0.39 is 15.8 Å². The van der Waals surface area contributed by atoms with Crippen LogP contribution in [0, 0.1) is 5.82 Å². The molecular formula is C17H13ClFNO3S. The predicted octanol–water partition coefficient (Wildman–Crippen LogP) is 4.47. The van der Waals surface area contributed by atoms with Crippen LogP contribution >= 0.6 is 11.6 Å². The van der Waals surface area contributed by atoms with Gasteiger partial charge < -0.3 is 4.42 Å². The maximum Gasteiger partial charge on any atom is 0.264 e. The van der Waals surface area contributed by atoms with Gasteiger partial charge in [-0.05, 0) is 42.5 Å². The van der Waals surface area contributed by atoms with Crippen LogP contribution < -0.4 is 4.31 Å². The molecule has 0 aliphatic heterocycles. The number of benzene rings is 2. The quantitative estimate of drug-likeness (QED) is 0.670. The van der Waals surface area contributed by atoms with Crippen molar-refractivity contribution in [1.82, 2.24) is 0 Å². The second-order valence-corrected chi connectivity index (χ2v) is 7.27. The van der Waals surface area contributed by atoms with E-state index in [0.29, 0.717) is 11.4 Å². The largest absolute Gasteiger partial charge is 0.467 e. The third-order valence-corrected chi connectivity index (χ3v) is 5.46. The third kappa shape index (κ3) is 3.29. The summed E-state index contributed by atoms with van der Waals surface area (Å²) in [6, 6.07) is 15.3. The number of rotatable bonds is 5. The Bertz CT molecular complexity index is 928. The van der Waals surface area contributed by atoms with Crippen molar-refractivity contribution < 1.29 is 17.2 Å². The average molecular weight is 366 g/mol. The zero-order chi connectivity index (χ0) is 17.2. The van der Waals surface area contributed by atoms with Gasteiger partial charge in [-0.3, -0.25) is 4.31 Å². The number of hydrogen-bond acceptors (Lipinski definition) is 3. The van der Waals surface area contributed by atoms with Crippen LogP contribution in [0.15, 0.2) is 76.2 Å². The van der Waals surface area contributed by atoms with E-state index in [9.17, 15) is 12.8 Å². The smallest absolute Gasteiger partial charge is 0.264 e. The van der Waals surface area contributed by atoms with Crippen molar-refractivity contribution in [2.75, 3.05) is 4.31 Å². The van der Waals surface area contributed by atoms with Crippen molar-refractivity contribution in [2.24, 2.45) is 0 Å². The van der Waals surface area contributed by atoms with Crippen molar-refractivity contribution in [3.63, 3.8) is 0 Å². The highest BCUT2D eigenvalue weighted by molar-refractivity contribution is 7.92. The molecule has 3 aromatic rings. The van der Waals surface area contributed by atoms with Crippen molar-refractivity contribution in [3.05, 3.63) is 83.5 Å². The average Bonchev–Trinajstić information content (AvgIpc) is 3.09. The number of para-hydroxylation sites is 1. The molecule has 0 N–H and O–H groups in total. The minimum atomic E-state index is -3.95. The molecule has 0 aliphatic rings. The van der Waals surface area contributed by atoms with Crippen molar-refractivity contribution >= 4 is 27.3 Å². The molecule has 124 valence electrons. The standard InChI is InChI=1S/C17H13ClFNO3S/c18-16-11-15(8-9-17(16)19)24(21,22)20(12-14-7-4-10-23-14)13-5-2-1-3-6-13/h1-11H,12H2. The molecule has 1 aromatic heterocycles. The molecule has 4 nitrogen and oxygen atoms in total. The first-order valence-electron chi connectivity index (χ1n) is 7.04. The van der Waals surface area contributed by atoms with Crippen LogP contribution in [0.25, 0.3) is 0 Å². The fraction of sp³-hybridized carbons (Fsp3) is 0.0588. The van der Waals surface area contributed by atoms with Gasteiger partial charge in [-0.15, -0.1) is 0 Å². The van der Waals surface area contributed by atoms with E-state index in [1.54, 1.807) is 42.5 Å². The summed E-state index contributed by atoms with van der Waals surface area (Å²) in [7, 11) is -3.95. The first-order valence-corrected chi connectivity index (χ1v) is 8.85. The van der Waals surface area contributed by atoms with E-state index in [-0.39, 0.29) is 16.5 Å². The Morgan fingerprint density at radius 3 is 2.42 bits per heavy atom. The molecule has 0 atom stereocenters. The molecule has 0 amide bonds. The highest BCUT2D eigenvalue weighted by Gasteiger charge is 2.26. The fourth-order valence-electron chi connectivity index (χ4n) is 2.22. The van der Waals surface area contributed by atoms with Gasteiger partial charge in [-0.1, -0.05) is 29.8 Å². The number of halogens is 2. The minimum absolute atomic E-state index is 0.00828. The number of nitrogens with zero attached hydrogens (tertiary/aromatic N) is 1. The number of anilines is 1. The summed E-state index contributed by atoms with van der Waals surface area (Å²) in [4.78, 5) is -0.0932. The SMILES string of the molecule is O=S(=O)(c1ccc(F)c(Cl)c1)N(Cc1ccco1)c1ccccc1. The lowest BCUT2D eigenvalue weighted by Crippen LogP contribution is -2.30. The normalized spacial score (nSPS) is 11.4. The lowest BCUT2D eigenvalue weighted by molar-refractivity contribution is 0.508. The number of furan rings is 1. The van der Waals surface area contributed by atoms with Crippen molar-refractivity contribution in [3.8, 4) is 0 Å². The van der Waals surface area contributed by atoms with Gasteiger partial charge in [0.1, 0.15) is 11.6 Å². The predicted molar refractivity (Wildman–Crippen MR) is 89.9 cm³/mol. The Balaban J connectivity index is 2.08. The molecule has 0 aliphatic carbocycles. The molecule has 0 saturated heterocycles. The first-order chi connectivity index (χ1) is 11.5. The number of sulfonamides is 1. The molecule has 1 heterocycles. The zero-order valence-electron chi connectivity index (χ0n) is 12.4. The Kier molecular flexibility index (Phi) is 4.59. The van der Waals surface area contributed by atoms with Gasteiger partial charge in [0.25, 0.3) is 10.0 Å². The van der Waals surface area contributed by atoms with Crippen LogP contribution in [0.4, 0.5) is 10.1 Å². The van der Waals surface area contributed by atoms with Crippen molar-refractivity contribution in [2.45, 2.75) is 11.4 Å². The van der Waals surface area contributed by atoms with Crippen molar-refractivity contribution in [1.29, 1.82) is 0 Å². The summed E-state index contributed by atoms with van der Waals surface area (Å²) in [5.41, 5.74) is 0.467. The molecule has 3 rings (SSSR count). The molecular weight excluding hydrogens is 353 g/mol. The molecule has 0 unspecified atom stereocenters. The highest BCUT2D eigenvalue weighted by Crippen LogP contribution is 2.28. The lowest BCUT2D eigenvalue weighted by atomic mass is 10.3. The second kappa shape index (κ2) is 6.67. The monoisotopic (exact) mass is 365 g/mol. The van der Waals surface area contributed by atoms with Gasteiger partial charge in [0, 0.05) is 0 Å². The summed E-state index contributed by atoms with van der Waals surface area (Å²) in [5, 5.41) is -0.248. The lowest BCUT2D eigenvalue weighted by Gasteiger charge is -2.23. The molecule has 0 saturated carbocycles. The van der Waals surface area contributed by atoms with Crippen LogP contribution in [-0.4, -0.2) is 8.42 Å². The van der Waals surface area contributed by atoms with E-state index in [1.807, 2.05) is 0 Å². The summed E-state index contributed by atoms with van der Waals surface area (Å²) in [6.07, 6.45) is 1.47. The summed E-state index contributed by atoms with van der Waals surface area (Å²) < 4.78 is 45.9. The highest BCUT2D eigenvalue weighted by atomic mass is 35.5. The molecule has 7 heteroatoms. The van der Waals surface area contributed by atoms with Crippen LogP contribution in [-0.2, 0) is 16.6 Å². The van der Waals surface area contributed by atoms with E-state index in [1.165, 1.54) is 16.6 Å². The van der Waals surface area contributed by atoms with Gasteiger partial charge in [0.2, 0.25) is 0 Å². The maximum absolute atomic E-state index is 13.4. The summed E-state index contributed by atoms with van der Waals surface area (Å²) >= 11 is 5.74. The third-order valence-electron chi connectivity index (χ3n) is 3.40. The molecule has 0 fully saturated rings. The Hall–Kier alpha value is -2.31. The van der Waals surface area contributed by atoms with E-state index in [2.05, 4.69) is 0 Å². The second-order valence-electron chi connectivity index (χ2n) is 5.00. The zero-order valence-corrected chi connectivity index (χ0v) is 14.0. The van der Waals surface area contributed by atoms with Gasteiger partial charge in [0.05, 0.1) is 28.4 Å². The molecule has 0 radical (unpaired) electrons. The van der Waals surface area contributed by atoms with E-state index in [4.69, 9.17) is 16.0 Å². The van der Waals surface area contributed by atoms with Crippen LogP contribution in [0.1, 0.15) is 5.76 Å². The topological polar surface area (TPSA) is 50.5 Å². The summed E-state index contributed by atoms with van der Waals surface area (Å²) in [5.74, 6) is -0.191. The summed E-state index contributed by atoms with van der Waals surface area (Å²) in [6.45, 7) is 0.00828. The van der Waals surface area contributed by atoms with Gasteiger partial charge in [-0.2, -0.15) is 0 Å². The molecule has 0 bridgehead atoms. The Morgan fingerprint density at radius 1 is 1.04 bits per heavy atom. The van der Waals surface area contributed by atoms with Gasteiger partial charge >= 0.3 is 0 Å². The van der Waals surface area contributed by atoms with Gasteiger partial charge in [-0.25, -0.2) is 12.8 Å². The van der Waals surface area contributed by atoms with Crippen LogP contribution in [0.3, 0.4) is 0 Å². The van der Waals surface area contributed by atoms with E-state index >= 15 is 0 Å². The Morgan fingerprint density at radius 2 is 1.79 bits per heavy atom. The molecule has 24 heavy (non-hydrogen) atoms. The molecule has 0 spiro atoms. The first kappa shape index (κ1) is 16.5. The number of hydrogen-bond donors (Lipinski definition) is 0. The molecule has 2 aromatic carbocycles.